The molecule has 0 saturated carbocycles. The van der Waals surface area contributed by atoms with Crippen LogP contribution in [0.3, 0.4) is 0 Å². The van der Waals surface area contributed by atoms with Crippen LogP contribution in [0, 0.1) is 0 Å². The van der Waals surface area contributed by atoms with Crippen molar-refractivity contribution in [1.29, 1.82) is 0 Å². The minimum Gasteiger partial charge on any atom is -0.350 e. The second-order valence-corrected chi connectivity index (χ2v) is 6.40. The van der Waals surface area contributed by atoms with E-state index in [-0.39, 0.29) is 5.54 Å². The number of hydrogen-bond acceptors (Lipinski definition) is 1. The van der Waals surface area contributed by atoms with Gasteiger partial charge >= 0.3 is 0 Å². The summed E-state index contributed by atoms with van der Waals surface area (Å²) in [7, 11) is 2.13. The molecule has 19 heavy (non-hydrogen) atoms. The van der Waals surface area contributed by atoms with Crippen LogP contribution in [0.15, 0.2) is 24.4 Å². The number of benzene rings is 1. The molecule has 2 nitrogen and oxygen atoms in total. The molecule has 0 fully saturated rings. The summed E-state index contributed by atoms with van der Waals surface area (Å²) < 4.78 is 2.24. The van der Waals surface area contributed by atoms with E-state index in [2.05, 4.69) is 69.0 Å². The van der Waals surface area contributed by atoms with Crippen LogP contribution in [0.25, 0.3) is 10.9 Å². The molecule has 1 aromatic carbocycles. The average Bonchev–Trinajstić information content (AvgIpc) is 2.64. The summed E-state index contributed by atoms with van der Waals surface area (Å²) in [6.45, 7) is 9.88. The number of nitrogens with one attached hydrogen (secondary N) is 1. The van der Waals surface area contributed by atoms with Crippen molar-refractivity contribution in [2.75, 3.05) is 6.54 Å². The minimum absolute atomic E-state index is 0.194. The molecule has 0 bridgehead atoms. The maximum atomic E-state index is 3.56. The van der Waals surface area contributed by atoms with Crippen LogP contribution < -0.4 is 5.32 Å². The van der Waals surface area contributed by atoms with Gasteiger partial charge < -0.3 is 9.88 Å². The molecule has 0 aliphatic carbocycles. The predicted molar refractivity (Wildman–Crippen MR) is 83.8 cm³/mol. The molecule has 2 aromatic rings. The number of nitrogens with zero attached hydrogens (tertiary/aromatic N) is 1. The molecule has 104 valence electrons. The van der Waals surface area contributed by atoms with Crippen molar-refractivity contribution in [3.8, 4) is 0 Å². The summed E-state index contributed by atoms with van der Waals surface area (Å²) in [5.41, 5.74) is 4.40. The van der Waals surface area contributed by atoms with Crippen LogP contribution in [-0.4, -0.2) is 16.7 Å². The van der Waals surface area contributed by atoms with E-state index in [0.717, 1.165) is 19.4 Å². The molecule has 0 radical (unpaired) electrons. The molecule has 0 aliphatic rings. The fourth-order valence-electron chi connectivity index (χ4n) is 2.51. The third-order valence-corrected chi connectivity index (χ3v) is 3.59. The SMILES string of the molecule is CCc1ccc2c(c1)c(CCNC(C)(C)C)cn2C. The van der Waals surface area contributed by atoms with Crippen molar-refractivity contribution < 1.29 is 0 Å². The van der Waals surface area contributed by atoms with Gasteiger partial charge in [-0.25, -0.2) is 0 Å². The summed E-state index contributed by atoms with van der Waals surface area (Å²) in [5, 5.41) is 4.98. The number of hydrogen-bond donors (Lipinski definition) is 1. The lowest BCUT2D eigenvalue weighted by Crippen LogP contribution is -2.37. The number of fused-ring (bicyclic) bond motifs is 1. The van der Waals surface area contributed by atoms with Crippen LogP contribution in [0.2, 0.25) is 0 Å². The lowest BCUT2D eigenvalue weighted by atomic mass is 10.0. The van der Waals surface area contributed by atoms with Gasteiger partial charge in [0.2, 0.25) is 0 Å². The van der Waals surface area contributed by atoms with Crippen molar-refractivity contribution in [3.63, 3.8) is 0 Å². The Bertz CT molecular complexity index is 558. The van der Waals surface area contributed by atoms with E-state index >= 15 is 0 Å². The predicted octanol–water partition coefficient (Wildman–Crippen LogP) is 3.67. The van der Waals surface area contributed by atoms with Gasteiger partial charge in [0, 0.05) is 29.7 Å². The van der Waals surface area contributed by atoms with E-state index in [1.165, 1.54) is 22.0 Å². The van der Waals surface area contributed by atoms with Gasteiger partial charge in [-0.1, -0.05) is 13.0 Å². The molecule has 0 unspecified atom stereocenters. The lowest BCUT2D eigenvalue weighted by Gasteiger charge is -2.20. The number of aryl methyl sites for hydroxylation is 2. The van der Waals surface area contributed by atoms with Crippen LogP contribution in [0.4, 0.5) is 0 Å². The number of aromatic nitrogens is 1. The third kappa shape index (κ3) is 3.38. The smallest absolute Gasteiger partial charge is 0.0480 e. The first-order valence-electron chi connectivity index (χ1n) is 7.22. The van der Waals surface area contributed by atoms with E-state index in [1.54, 1.807) is 0 Å². The van der Waals surface area contributed by atoms with E-state index in [1.807, 2.05) is 0 Å². The fourth-order valence-corrected chi connectivity index (χ4v) is 2.51. The first-order chi connectivity index (χ1) is 8.90. The summed E-state index contributed by atoms with van der Waals surface area (Å²) in [4.78, 5) is 0. The highest BCUT2D eigenvalue weighted by atomic mass is 14.9. The molecule has 1 N–H and O–H groups in total. The molecule has 0 amide bonds. The second-order valence-electron chi connectivity index (χ2n) is 6.40. The Morgan fingerprint density at radius 1 is 1.21 bits per heavy atom. The zero-order chi connectivity index (χ0) is 14.0. The van der Waals surface area contributed by atoms with Crippen LogP contribution in [-0.2, 0) is 19.9 Å². The molecular weight excluding hydrogens is 232 g/mol. The summed E-state index contributed by atoms with van der Waals surface area (Å²) in [6, 6.07) is 6.83. The Balaban J connectivity index is 2.22. The van der Waals surface area contributed by atoms with Crippen LogP contribution >= 0.6 is 0 Å². The van der Waals surface area contributed by atoms with E-state index in [0.29, 0.717) is 0 Å². The average molecular weight is 258 g/mol. The molecule has 1 heterocycles. The molecule has 2 heteroatoms. The van der Waals surface area contributed by atoms with E-state index in [9.17, 15) is 0 Å². The molecule has 0 spiro atoms. The van der Waals surface area contributed by atoms with Crippen LogP contribution in [0.1, 0.15) is 38.8 Å². The summed E-state index contributed by atoms with van der Waals surface area (Å²) in [6.07, 6.45) is 4.46. The van der Waals surface area contributed by atoms with Gasteiger partial charge in [0.1, 0.15) is 0 Å². The molecule has 1 aromatic heterocycles. The van der Waals surface area contributed by atoms with Gasteiger partial charge in [0.05, 0.1) is 0 Å². The Morgan fingerprint density at radius 2 is 1.95 bits per heavy atom. The third-order valence-electron chi connectivity index (χ3n) is 3.59. The van der Waals surface area contributed by atoms with Crippen molar-refractivity contribution in [2.45, 2.75) is 46.1 Å². The van der Waals surface area contributed by atoms with Gasteiger partial charge in [-0.05, 0) is 63.4 Å². The van der Waals surface area contributed by atoms with E-state index in [4.69, 9.17) is 0 Å². The second kappa shape index (κ2) is 5.38. The normalized spacial score (nSPS) is 12.3. The molecule has 0 atom stereocenters. The first-order valence-corrected chi connectivity index (χ1v) is 7.22. The Morgan fingerprint density at radius 3 is 2.58 bits per heavy atom. The van der Waals surface area contributed by atoms with Crippen molar-refractivity contribution in [2.24, 2.45) is 7.05 Å². The summed E-state index contributed by atoms with van der Waals surface area (Å²) >= 11 is 0. The highest BCUT2D eigenvalue weighted by Gasteiger charge is 2.10. The zero-order valence-corrected chi connectivity index (χ0v) is 12.9. The molecular formula is C17H26N2. The van der Waals surface area contributed by atoms with Gasteiger partial charge in [-0.3, -0.25) is 0 Å². The highest BCUT2D eigenvalue weighted by molar-refractivity contribution is 5.84. The fraction of sp³-hybridized carbons (Fsp3) is 0.529. The Hall–Kier alpha value is -1.28. The quantitative estimate of drug-likeness (QED) is 0.885. The van der Waals surface area contributed by atoms with Crippen molar-refractivity contribution in [3.05, 3.63) is 35.5 Å². The molecule has 0 aliphatic heterocycles. The maximum Gasteiger partial charge on any atom is 0.0480 e. The maximum absolute atomic E-state index is 3.56. The minimum atomic E-state index is 0.194. The Kier molecular flexibility index (Phi) is 4.00. The number of rotatable bonds is 4. The Labute approximate surface area is 116 Å². The van der Waals surface area contributed by atoms with E-state index < -0.39 is 0 Å². The van der Waals surface area contributed by atoms with Crippen molar-refractivity contribution >= 4 is 10.9 Å². The van der Waals surface area contributed by atoms with Gasteiger partial charge in [-0.2, -0.15) is 0 Å². The molecule has 0 saturated heterocycles. The first kappa shape index (κ1) is 14.1. The largest absolute Gasteiger partial charge is 0.350 e. The molecule has 2 rings (SSSR count). The lowest BCUT2D eigenvalue weighted by molar-refractivity contribution is 0.430. The van der Waals surface area contributed by atoms with Crippen molar-refractivity contribution in [1.82, 2.24) is 9.88 Å². The monoisotopic (exact) mass is 258 g/mol. The van der Waals surface area contributed by atoms with Gasteiger partial charge in [0.15, 0.2) is 0 Å². The standard InChI is InChI=1S/C17H26N2/c1-6-13-7-8-16-15(11-13)14(12-19(16)5)9-10-18-17(2,3)4/h7-8,11-12,18H,6,9-10H2,1-5H3. The highest BCUT2D eigenvalue weighted by Crippen LogP contribution is 2.22. The van der Waals surface area contributed by atoms with Crippen LogP contribution in [0.5, 0.6) is 0 Å². The van der Waals surface area contributed by atoms with Gasteiger partial charge in [-0.15, -0.1) is 0 Å². The van der Waals surface area contributed by atoms with Gasteiger partial charge in [0.25, 0.3) is 0 Å². The topological polar surface area (TPSA) is 17.0 Å². The zero-order valence-electron chi connectivity index (χ0n) is 12.9. The summed E-state index contributed by atoms with van der Waals surface area (Å²) in [5.74, 6) is 0.